The molecule has 0 unspecified atom stereocenters. The van der Waals surface area contributed by atoms with Gasteiger partial charge in [0.05, 0.1) is 5.69 Å². The molecule has 0 bridgehead atoms. The van der Waals surface area contributed by atoms with Gasteiger partial charge in [-0.3, -0.25) is 0 Å². The zero-order valence-electron chi connectivity index (χ0n) is 11.7. The molecule has 0 aromatic carbocycles. The summed E-state index contributed by atoms with van der Waals surface area (Å²) in [4.78, 5) is 4.60. The molecule has 0 aliphatic heterocycles. The Labute approximate surface area is 114 Å². The fourth-order valence-corrected chi connectivity index (χ4v) is 2.66. The van der Waals surface area contributed by atoms with Crippen molar-refractivity contribution in [1.82, 2.24) is 4.98 Å². The van der Waals surface area contributed by atoms with Crippen molar-refractivity contribution in [3.63, 3.8) is 0 Å². The lowest BCUT2D eigenvalue weighted by Gasteiger charge is -2.23. The van der Waals surface area contributed by atoms with Gasteiger partial charge in [-0.25, -0.2) is 4.98 Å². The van der Waals surface area contributed by atoms with E-state index in [9.17, 15) is 5.26 Å². The van der Waals surface area contributed by atoms with Crippen LogP contribution in [0, 0.1) is 11.3 Å². The Kier molecular flexibility index (Phi) is 4.21. The molecule has 0 saturated carbocycles. The molecule has 3 heteroatoms. The van der Waals surface area contributed by atoms with Crippen molar-refractivity contribution in [2.45, 2.75) is 45.4 Å². The van der Waals surface area contributed by atoms with Crippen molar-refractivity contribution >= 4 is 0 Å². The average molecular weight is 256 g/mol. The van der Waals surface area contributed by atoms with Crippen LogP contribution in [0.5, 0.6) is 5.88 Å². The maximum atomic E-state index is 9.41. The van der Waals surface area contributed by atoms with Gasteiger partial charge in [-0.2, -0.15) is 5.26 Å². The molecule has 1 aliphatic carbocycles. The average Bonchev–Trinajstić information content (AvgIpc) is 2.43. The highest BCUT2D eigenvalue weighted by Gasteiger charge is 2.23. The number of ether oxygens (including phenoxy) is 1. The Morgan fingerprint density at radius 2 is 2.05 bits per heavy atom. The molecule has 0 radical (unpaired) electrons. The van der Waals surface area contributed by atoms with E-state index in [1.165, 1.54) is 12.0 Å². The highest BCUT2D eigenvalue weighted by Crippen LogP contribution is 2.34. The molecule has 0 fully saturated rings. The number of hydrogen-bond donors (Lipinski definition) is 0. The van der Waals surface area contributed by atoms with Crippen molar-refractivity contribution in [3.8, 4) is 11.9 Å². The molecular weight excluding hydrogens is 236 g/mol. The van der Waals surface area contributed by atoms with Gasteiger partial charge in [-0.05, 0) is 42.7 Å². The minimum Gasteiger partial charge on any atom is -0.472 e. The molecule has 2 rings (SSSR count). The lowest BCUT2D eigenvalue weighted by Crippen LogP contribution is -2.14. The Bertz CT molecular complexity index is 527. The standard InChI is InChI=1S/C16H20N2O/c1-4-9-19-16-14(10-17)12-7-5-6-8-13(12)15(18-16)11(2)3/h4,11H,1,5-9H2,2-3H3. The SMILES string of the molecule is C=CCOc1nc(C(C)C)c2c(c1C#N)CCCC2. The first kappa shape index (κ1) is 13.6. The molecule has 1 heterocycles. The van der Waals surface area contributed by atoms with E-state index in [-0.39, 0.29) is 0 Å². The van der Waals surface area contributed by atoms with Crippen LogP contribution in [0.3, 0.4) is 0 Å². The Morgan fingerprint density at radius 3 is 2.63 bits per heavy atom. The number of aromatic nitrogens is 1. The normalized spacial score (nSPS) is 13.8. The van der Waals surface area contributed by atoms with E-state index in [4.69, 9.17) is 4.74 Å². The first-order valence-electron chi connectivity index (χ1n) is 6.88. The van der Waals surface area contributed by atoms with Crippen molar-refractivity contribution in [1.29, 1.82) is 5.26 Å². The van der Waals surface area contributed by atoms with Crippen LogP contribution in [0.1, 0.15) is 55.0 Å². The van der Waals surface area contributed by atoms with E-state index < -0.39 is 0 Å². The summed E-state index contributed by atoms with van der Waals surface area (Å²) in [6.45, 7) is 8.31. The highest BCUT2D eigenvalue weighted by atomic mass is 16.5. The fourth-order valence-electron chi connectivity index (χ4n) is 2.66. The summed E-state index contributed by atoms with van der Waals surface area (Å²) in [5.41, 5.74) is 4.16. The van der Waals surface area contributed by atoms with Gasteiger partial charge >= 0.3 is 0 Å². The second-order valence-electron chi connectivity index (χ2n) is 5.21. The first-order chi connectivity index (χ1) is 9.19. The van der Waals surface area contributed by atoms with Crippen molar-refractivity contribution < 1.29 is 4.74 Å². The summed E-state index contributed by atoms with van der Waals surface area (Å²) in [5, 5.41) is 9.41. The fraction of sp³-hybridized carbons (Fsp3) is 0.500. The van der Waals surface area contributed by atoms with E-state index in [0.717, 1.165) is 30.5 Å². The monoisotopic (exact) mass is 256 g/mol. The van der Waals surface area contributed by atoms with E-state index in [1.807, 2.05) is 0 Å². The van der Waals surface area contributed by atoms with Crippen LogP contribution >= 0.6 is 0 Å². The van der Waals surface area contributed by atoms with Crippen LogP contribution in [-0.2, 0) is 12.8 Å². The largest absolute Gasteiger partial charge is 0.472 e. The van der Waals surface area contributed by atoms with Crippen molar-refractivity contribution in [2.24, 2.45) is 0 Å². The summed E-state index contributed by atoms with van der Waals surface area (Å²) in [7, 11) is 0. The molecule has 0 atom stereocenters. The predicted octanol–water partition coefficient (Wildman–Crippen LogP) is 3.52. The minimum atomic E-state index is 0.352. The van der Waals surface area contributed by atoms with Gasteiger partial charge in [0.25, 0.3) is 0 Å². The molecule has 0 N–H and O–H groups in total. The summed E-state index contributed by atoms with van der Waals surface area (Å²) < 4.78 is 5.58. The molecule has 1 aliphatic rings. The lowest BCUT2D eigenvalue weighted by atomic mass is 9.85. The minimum absolute atomic E-state index is 0.352. The molecular formula is C16H20N2O. The third-order valence-corrected chi connectivity index (χ3v) is 3.51. The number of pyridine rings is 1. The third kappa shape index (κ3) is 2.63. The topological polar surface area (TPSA) is 45.9 Å². The number of nitriles is 1. The third-order valence-electron chi connectivity index (χ3n) is 3.51. The van der Waals surface area contributed by atoms with E-state index >= 15 is 0 Å². The lowest BCUT2D eigenvalue weighted by molar-refractivity contribution is 0.344. The second-order valence-corrected chi connectivity index (χ2v) is 5.21. The Balaban J connectivity index is 2.58. The number of fused-ring (bicyclic) bond motifs is 1. The molecule has 1 aromatic heterocycles. The Morgan fingerprint density at radius 1 is 1.37 bits per heavy atom. The predicted molar refractivity (Wildman–Crippen MR) is 75.4 cm³/mol. The summed E-state index contributed by atoms with van der Waals surface area (Å²) in [5.74, 6) is 0.831. The maximum absolute atomic E-state index is 9.41. The van der Waals surface area contributed by atoms with Crippen LogP contribution in [0.25, 0.3) is 0 Å². The van der Waals surface area contributed by atoms with Crippen LogP contribution in [-0.4, -0.2) is 11.6 Å². The van der Waals surface area contributed by atoms with Crippen LogP contribution in [0.4, 0.5) is 0 Å². The zero-order valence-corrected chi connectivity index (χ0v) is 11.7. The number of rotatable bonds is 4. The maximum Gasteiger partial charge on any atom is 0.232 e. The van der Waals surface area contributed by atoms with Crippen molar-refractivity contribution in [2.75, 3.05) is 6.61 Å². The zero-order chi connectivity index (χ0) is 13.8. The van der Waals surface area contributed by atoms with E-state index in [2.05, 4.69) is 31.5 Å². The van der Waals surface area contributed by atoms with Gasteiger partial charge in [0, 0.05) is 0 Å². The summed E-state index contributed by atoms with van der Waals surface area (Å²) in [6, 6.07) is 2.28. The van der Waals surface area contributed by atoms with Gasteiger partial charge in [0.15, 0.2) is 0 Å². The summed E-state index contributed by atoms with van der Waals surface area (Å²) in [6.07, 6.45) is 6.00. The molecule has 1 aromatic rings. The van der Waals surface area contributed by atoms with Gasteiger partial charge in [0.1, 0.15) is 18.2 Å². The molecule has 0 saturated heterocycles. The summed E-state index contributed by atoms with van der Waals surface area (Å²) >= 11 is 0. The number of nitrogens with zero attached hydrogens (tertiary/aromatic N) is 2. The van der Waals surface area contributed by atoms with Gasteiger partial charge in [-0.1, -0.05) is 26.5 Å². The molecule has 0 spiro atoms. The van der Waals surface area contributed by atoms with Gasteiger partial charge < -0.3 is 4.74 Å². The second kappa shape index (κ2) is 5.88. The van der Waals surface area contributed by atoms with E-state index in [0.29, 0.717) is 24.0 Å². The van der Waals surface area contributed by atoms with Gasteiger partial charge in [0.2, 0.25) is 5.88 Å². The molecule has 100 valence electrons. The highest BCUT2D eigenvalue weighted by molar-refractivity contribution is 5.52. The van der Waals surface area contributed by atoms with Crippen LogP contribution in [0.2, 0.25) is 0 Å². The Hall–Kier alpha value is -1.82. The molecule has 3 nitrogen and oxygen atoms in total. The van der Waals surface area contributed by atoms with Crippen LogP contribution in [0.15, 0.2) is 12.7 Å². The number of hydrogen-bond acceptors (Lipinski definition) is 3. The smallest absolute Gasteiger partial charge is 0.232 e. The molecule has 0 amide bonds. The quantitative estimate of drug-likeness (QED) is 0.774. The van der Waals surface area contributed by atoms with E-state index in [1.54, 1.807) is 6.08 Å². The van der Waals surface area contributed by atoms with Crippen molar-refractivity contribution in [3.05, 3.63) is 35.0 Å². The molecule has 19 heavy (non-hydrogen) atoms. The van der Waals surface area contributed by atoms with Crippen LogP contribution < -0.4 is 4.74 Å². The first-order valence-corrected chi connectivity index (χ1v) is 6.88. The van der Waals surface area contributed by atoms with Gasteiger partial charge in [-0.15, -0.1) is 0 Å².